The maximum atomic E-state index is 2.36. The summed E-state index contributed by atoms with van der Waals surface area (Å²) in [5.74, 6) is 0. The lowest BCUT2D eigenvalue weighted by atomic mass is 9.93. The number of aryl methyl sites for hydroxylation is 1. The summed E-state index contributed by atoms with van der Waals surface area (Å²) in [5, 5.41) is 0. The van der Waals surface area contributed by atoms with Gasteiger partial charge in [0.2, 0.25) is 0 Å². The van der Waals surface area contributed by atoms with Gasteiger partial charge in [0.05, 0.1) is 0 Å². The van der Waals surface area contributed by atoms with Crippen LogP contribution in [-0.4, -0.2) is 0 Å². The fourth-order valence-electron chi connectivity index (χ4n) is 1.53. The first-order chi connectivity index (χ1) is 5.95. The van der Waals surface area contributed by atoms with E-state index in [1.165, 1.54) is 31.2 Å². The van der Waals surface area contributed by atoms with Gasteiger partial charge < -0.3 is 0 Å². The molecule has 0 saturated heterocycles. The number of allylic oxidation sites excluding steroid dienone is 2. The molecule has 0 heteroatoms. The summed E-state index contributed by atoms with van der Waals surface area (Å²) in [6.07, 6.45) is 7.50. The second-order valence-corrected chi connectivity index (χ2v) is 3.39. The van der Waals surface area contributed by atoms with Crippen LogP contribution in [0.15, 0.2) is 42.0 Å². The molecule has 2 rings (SSSR count). The minimum atomic E-state index is 1.21. The third-order valence-corrected chi connectivity index (χ3v) is 2.48. The second-order valence-electron chi connectivity index (χ2n) is 3.39. The van der Waals surface area contributed by atoms with Crippen LogP contribution in [0.5, 0.6) is 0 Å². The molecule has 0 aliphatic heterocycles. The molecule has 1 aromatic carbocycles. The molecular formula is C12H14. The van der Waals surface area contributed by atoms with Gasteiger partial charge in [0, 0.05) is 0 Å². The van der Waals surface area contributed by atoms with Gasteiger partial charge >= 0.3 is 0 Å². The van der Waals surface area contributed by atoms with E-state index >= 15 is 0 Å². The SMILES string of the molecule is C1=C(CCc2ccccc2)CC1. The first-order valence-electron chi connectivity index (χ1n) is 4.67. The van der Waals surface area contributed by atoms with E-state index < -0.39 is 0 Å². The van der Waals surface area contributed by atoms with E-state index in [9.17, 15) is 0 Å². The van der Waals surface area contributed by atoms with E-state index in [-0.39, 0.29) is 0 Å². The Morgan fingerprint density at radius 2 is 1.75 bits per heavy atom. The van der Waals surface area contributed by atoms with E-state index in [0.717, 1.165) is 0 Å². The van der Waals surface area contributed by atoms with Crippen LogP contribution in [0, 0.1) is 0 Å². The summed E-state index contributed by atoms with van der Waals surface area (Å²) in [4.78, 5) is 0. The molecule has 0 unspecified atom stereocenters. The summed E-state index contributed by atoms with van der Waals surface area (Å²) in [5.41, 5.74) is 3.11. The standard InChI is InChI=1S/C12H14/c1-2-5-11(6-3-1)9-10-12-7-4-8-12/h1-3,5-7H,4,8-10H2. The molecule has 0 spiro atoms. The van der Waals surface area contributed by atoms with Gasteiger partial charge in [-0.1, -0.05) is 42.0 Å². The fourth-order valence-corrected chi connectivity index (χ4v) is 1.53. The molecule has 0 N–H and O–H groups in total. The molecular weight excluding hydrogens is 144 g/mol. The van der Waals surface area contributed by atoms with Gasteiger partial charge in [0.25, 0.3) is 0 Å². The Hall–Kier alpha value is -1.04. The van der Waals surface area contributed by atoms with Crippen molar-refractivity contribution in [2.75, 3.05) is 0 Å². The molecule has 1 aliphatic carbocycles. The van der Waals surface area contributed by atoms with Crippen LogP contribution < -0.4 is 0 Å². The lowest BCUT2D eigenvalue weighted by Gasteiger charge is -2.13. The Kier molecular flexibility index (Phi) is 2.26. The van der Waals surface area contributed by atoms with Gasteiger partial charge in [-0.2, -0.15) is 0 Å². The van der Waals surface area contributed by atoms with Crippen LogP contribution in [0.1, 0.15) is 24.8 Å². The van der Waals surface area contributed by atoms with E-state index in [1.807, 2.05) is 0 Å². The van der Waals surface area contributed by atoms with Crippen molar-refractivity contribution in [2.45, 2.75) is 25.7 Å². The number of hydrogen-bond acceptors (Lipinski definition) is 0. The highest BCUT2D eigenvalue weighted by Gasteiger charge is 2.04. The van der Waals surface area contributed by atoms with Gasteiger partial charge in [0.15, 0.2) is 0 Å². The van der Waals surface area contributed by atoms with Crippen molar-refractivity contribution in [3.63, 3.8) is 0 Å². The molecule has 1 aromatic rings. The predicted octanol–water partition coefficient (Wildman–Crippen LogP) is 3.34. The van der Waals surface area contributed by atoms with Crippen molar-refractivity contribution in [3.8, 4) is 0 Å². The monoisotopic (exact) mass is 158 g/mol. The largest absolute Gasteiger partial charge is 0.0850 e. The molecule has 62 valence electrons. The number of hydrogen-bond donors (Lipinski definition) is 0. The number of benzene rings is 1. The van der Waals surface area contributed by atoms with Gasteiger partial charge in [-0.25, -0.2) is 0 Å². The normalized spacial score (nSPS) is 15.2. The highest BCUT2D eigenvalue weighted by atomic mass is 14.1. The highest BCUT2D eigenvalue weighted by Crippen LogP contribution is 2.22. The van der Waals surface area contributed by atoms with E-state index in [4.69, 9.17) is 0 Å². The Balaban J connectivity index is 1.87. The minimum absolute atomic E-state index is 1.21. The van der Waals surface area contributed by atoms with Gasteiger partial charge in [0.1, 0.15) is 0 Å². The van der Waals surface area contributed by atoms with Crippen LogP contribution >= 0.6 is 0 Å². The van der Waals surface area contributed by atoms with Gasteiger partial charge in [-0.15, -0.1) is 0 Å². The van der Waals surface area contributed by atoms with E-state index in [0.29, 0.717) is 0 Å². The van der Waals surface area contributed by atoms with Crippen molar-refractivity contribution in [1.82, 2.24) is 0 Å². The first kappa shape index (κ1) is 7.60. The Labute approximate surface area is 73.9 Å². The molecule has 0 bridgehead atoms. The minimum Gasteiger partial charge on any atom is -0.0850 e. The highest BCUT2D eigenvalue weighted by molar-refractivity contribution is 5.19. The van der Waals surface area contributed by atoms with Crippen molar-refractivity contribution < 1.29 is 0 Å². The van der Waals surface area contributed by atoms with Crippen molar-refractivity contribution in [2.24, 2.45) is 0 Å². The van der Waals surface area contributed by atoms with Crippen LogP contribution in [0.3, 0.4) is 0 Å². The summed E-state index contributed by atoms with van der Waals surface area (Å²) in [7, 11) is 0. The first-order valence-corrected chi connectivity index (χ1v) is 4.67. The molecule has 0 aromatic heterocycles. The summed E-state index contributed by atoms with van der Waals surface area (Å²) < 4.78 is 0. The third kappa shape index (κ3) is 1.76. The summed E-state index contributed by atoms with van der Waals surface area (Å²) in [6, 6.07) is 10.7. The lowest BCUT2D eigenvalue weighted by molar-refractivity contribution is 0.777. The van der Waals surface area contributed by atoms with Gasteiger partial charge in [-0.05, 0) is 31.2 Å². The lowest BCUT2D eigenvalue weighted by Crippen LogP contribution is -1.95. The maximum absolute atomic E-state index is 2.36. The zero-order valence-electron chi connectivity index (χ0n) is 7.29. The smallest absolute Gasteiger partial charge is 0.0241 e. The second kappa shape index (κ2) is 3.57. The van der Waals surface area contributed by atoms with Gasteiger partial charge in [-0.3, -0.25) is 0 Å². The van der Waals surface area contributed by atoms with Crippen molar-refractivity contribution in [3.05, 3.63) is 47.5 Å². The molecule has 0 radical (unpaired) electrons. The van der Waals surface area contributed by atoms with Crippen molar-refractivity contribution >= 4 is 0 Å². The molecule has 0 saturated carbocycles. The Morgan fingerprint density at radius 1 is 1.00 bits per heavy atom. The van der Waals surface area contributed by atoms with Crippen LogP contribution in [0.4, 0.5) is 0 Å². The van der Waals surface area contributed by atoms with Crippen molar-refractivity contribution in [1.29, 1.82) is 0 Å². The molecule has 0 atom stereocenters. The molecule has 12 heavy (non-hydrogen) atoms. The molecule has 0 fully saturated rings. The quantitative estimate of drug-likeness (QED) is 0.592. The predicted molar refractivity (Wildman–Crippen MR) is 52.1 cm³/mol. The van der Waals surface area contributed by atoms with Crippen LogP contribution in [-0.2, 0) is 6.42 Å². The molecule has 0 nitrogen and oxygen atoms in total. The van der Waals surface area contributed by atoms with E-state index in [1.54, 1.807) is 5.57 Å². The Morgan fingerprint density at radius 3 is 2.33 bits per heavy atom. The maximum Gasteiger partial charge on any atom is -0.0241 e. The summed E-state index contributed by atoms with van der Waals surface area (Å²) >= 11 is 0. The zero-order valence-corrected chi connectivity index (χ0v) is 7.29. The van der Waals surface area contributed by atoms with Crippen LogP contribution in [0.2, 0.25) is 0 Å². The molecule has 0 amide bonds. The Bertz CT molecular complexity index is 269. The van der Waals surface area contributed by atoms with Crippen LogP contribution in [0.25, 0.3) is 0 Å². The average molecular weight is 158 g/mol. The zero-order chi connectivity index (χ0) is 8.23. The average Bonchev–Trinajstić information content (AvgIpc) is 2.04. The number of rotatable bonds is 3. The fraction of sp³-hybridized carbons (Fsp3) is 0.333. The third-order valence-electron chi connectivity index (χ3n) is 2.48. The molecule has 0 heterocycles. The topological polar surface area (TPSA) is 0 Å². The molecule has 1 aliphatic rings. The summed E-state index contributed by atoms with van der Waals surface area (Å²) in [6.45, 7) is 0. The van der Waals surface area contributed by atoms with E-state index in [2.05, 4.69) is 36.4 Å².